The zero-order chi connectivity index (χ0) is 22.8. The van der Waals surface area contributed by atoms with Crippen LogP contribution in [0.3, 0.4) is 0 Å². The number of cyclic esters (lactones) is 1. The second kappa shape index (κ2) is 12.3. The average Bonchev–Trinajstić information content (AvgIpc) is 2.78. The van der Waals surface area contributed by atoms with Crippen molar-refractivity contribution in [3.8, 4) is 11.5 Å². The van der Waals surface area contributed by atoms with Crippen LogP contribution >= 0.6 is 23.8 Å². The number of rotatable bonds is 4. The van der Waals surface area contributed by atoms with Crippen LogP contribution < -0.4 is 0 Å². The van der Waals surface area contributed by atoms with E-state index in [0.29, 0.717) is 18.7 Å². The first-order chi connectivity index (χ1) is 15.6. The molecule has 6 nitrogen and oxygen atoms in total. The summed E-state index contributed by atoms with van der Waals surface area (Å²) in [5, 5.41) is 20.4. The highest BCUT2D eigenvalue weighted by atomic mass is 35.5. The van der Waals surface area contributed by atoms with Crippen molar-refractivity contribution in [2.75, 3.05) is 6.61 Å². The molecule has 0 aliphatic carbocycles. The minimum atomic E-state index is -0.707. The van der Waals surface area contributed by atoms with Crippen molar-refractivity contribution in [2.24, 2.45) is 4.40 Å². The summed E-state index contributed by atoms with van der Waals surface area (Å²) in [6.45, 7) is 0.550. The van der Waals surface area contributed by atoms with E-state index in [1.807, 2.05) is 54.6 Å². The molecule has 168 valence electrons. The van der Waals surface area contributed by atoms with E-state index in [1.54, 1.807) is 0 Å². The van der Waals surface area contributed by atoms with Crippen LogP contribution in [0.15, 0.2) is 65.1 Å². The van der Waals surface area contributed by atoms with Gasteiger partial charge in [-0.1, -0.05) is 60.2 Å². The molecule has 0 atom stereocenters. The number of phenols is 2. The first-order valence-corrected chi connectivity index (χ1v) is 11.2. The first kappa shape index (κ1) is 23.9. The van der Waals surface area contributed by atoms with E-state index in [-0.39, 0.29) is 34.9 Å². The van der Waals surface area contributed by atoms with Gasteiger partial charge in [0.15, 0.2) is 0 Å². The number of halogens is 1. The Labute approximate surface area is 196 Å². The smallest absolute Gasteiger partial charge is 0.342 e. The van der Waals surface area contributed by atoms with E-state index in [2.05, 4.69) is 4.40 Å². The van der Waals surface area contributed by atoms with E-state index >= 15 is 0 Å². The third kappa shape index (κ3) is 6.88. The molecule has 8 heteroatoms. The zero-order valence-electron chi connectivity index (χ0n) is 17.4. The molecule has 0 spiro atoms. The van der Waals surface area contributed by atoms with Crippen molar-refractivity contribution in [1.82, 2.24) is 0 Å². The molecule has 1 aliphatic heterocycles. The maximum atomic E-state index is 12.6. The Kier molecular flexibility index (Phi) is 9.22. The van der Waals surface area contributed by atoms with Gasteiger partial charge in [-0.2, -0.15) is 4.40 Å². The lowest BCUT2D eigenvalue weighted by atomic mass is 9.99. The lowest BCUT2D eigenvalue weighted by molar-refractivity contribution is 0.0507. The van der Waals surface area contributed by atoms with Gasteiger partial charge in [-0.15, -0.1) is 0 Å². The molecular weight excluding hydrogens is 450 g/mol. The molecule has 1 aliphatic rings. The van der Waals surface area contributed by atoms with E-state index in [9.17, 15) is 15.0 Å². The summed E-state index contributed by atoms with van der Waals surface area (Å²) in [5.41, 5.74) is 1.74. The predicted molar refractivity (Wildman–Crippen MR) is 127 cm³/mol. The third-order valence-electron chi connectivity index (χ3n) is 4.65. The number of allylic oxidation sites excluding steroid dienone is 3. The van der Waals surface area contributed by atoms with Crippen molar-refractivity contribution in [1.29, 1.82) is 0 Å². The van der Waals surface area contributed by atoms with Gasteiger partial charge in [-0.05, 0) is 36.5 Å². The van der Waals surface area contributed by atoms with Gasteiger partial charge >= 0.3 is 5.97 Å². The van der Waals surface area contributed by atoms with Gasteiger partial charge in [-0.3, -0.25) is 4.18 Å². The number of hydrogen-bond donors (Lipinski definition) is 2. The first-order valence-electron chi connectivity index (χ1n) is 10.2. The topological polar surface area (TPSA) is 88.4 Å². The van der Waals surface area contributed by atoms with Gasteiger partial charge in [0.25, 0.3) is 0 Å². The Balaban J connectivity index is 1.87. The maximum Gasteiger partial charge on any atom is 0.342 e. The lowest BCUT2D eigenvalue weighted by Crippen LogP contribution is -2.13. The molecule has 3 rings (SSSR count). The number of nitrogens with zero attached hydrogens (tertiary/aromatic N) is 1. The summed E-state index contributed by atoms with van der Waals surface area (Å²) >= 11 is 7.24. The number of esters is 1. The summed E-state index contributed by atoms with van der Waals surface area (Å²) in [4.78, 5) is 12.6. The minimum Gasteiger partial charge on any atom is -0.507 e. The normalized spacial score (nSPS) is 18.4. The van der Waals surface area contributed by atoms with Crippen molar-refractivity contribution in [3.05, 3.63) is 82.4 Å². The van der Waals surface area contributed by atoms with Crippen LogP contribution in [0.25, 0.3) is 0 Å². The van der Waals surface area contributed by atoms with Crippen LogP contribution in [-0.4, -0.2) is 28.5 Å². The van der Waals surface area contributed by atoms with Crippen molar-refractivity contribution >= 4 is 35.5 Å². The molecule has 2 aromatic carbocycles. The second-order valence-corrected chi connectivity index (χ2v) is 7.99. The fourth-order valence-electron chi connectivity index (χ4n) is 3.06. The number of carbonyl (C=O) groups excluding carboxylic acids is 1. The zero-order valence-corrected chi connectivity index (χ0v) is 18.9. The highest BCUT2D eigenvalue weighted by molar-refractivity contribution is 7.93. The monoisotopic (exact) mass is 473 g/mol. The third-order valence-corrected chi connectivity index (χ3v) is 5.61. The fraction of sp³-hybridized carbons (Fsp3) is 0.250. The quantitative estimate of drug-likeness (QED) is 0.187. The summed E-state index contributed by atoms with van der Waals surface area (Å²) in [6, 6.07) is 10.7. The standard InChI is InChI=1S/C24H24ClNO5S/c25-23-19-14-18(26-32-31-16-17-10-6-5-7-11-17)12-8-3-1-2-4-9-13-30-24(29)22(19)20(27)15-21(23)28/h2,4-8,10-12,15,27-28H,1,3,9,13-14,16H2/b4-2+,12-8+,26-18?. The molecule has 2 aromatic rings. The van der Waals surface area contributed by atoms with Crippen molar-refractivity contribution in [2.45, 2.75) is 32.3 Å². The Morgan fingerprint density at radius 1 is 1.06 bits per heavy atom. The van der Waals surface area contributed by atoms with E-state index in [0.717, 1.165) is 36.7 Å². The van der Waals surface area contributed by atoms with Gasteiger partial charge in [0.1, 0.15) is 29.3 Å². The second-order valence-electron chi connectivity index (χ2n) is 7.04. The average molecular weight is 474 g/mol. The molecule has 2 N–H and O–H groups in total. The van der Waals surface area contributed by atoms with E-state index in [1.165, 1.54) is 0 Å². The molecule has 0 fully saturated rings. The van der Waals surface area contributed by atoms with Gasteiger partial charge in [0.05, 0.1) is 23.9 Å². The largest absolute Gasteiger partial charge is 0.507 e. The van der Waals surface area contributed by atoms with Gasteiger partial charge in [0, 0.05) is 12.5 Å². The molecule has 0 bridgehead atoms. The molecule has 0 radical (unpaired) electrons. The molecule has 0 saturated heterocycles. The Morgan fingerprint density at radius 3 is 2.62 bits per heavy atom. The Hall–Kier alpha value is -2.74. The van der Waals surface area contributed by atoms with E-state index in [4.69, 9.17) is 20.5 Å². The van der Waals surface area contributed by atoms with Crippen LogP contribution in [-0.2, 0) is 21.9 Å². The van der Waals surface area contributed by atoms with Crippen LogP contribution in [0.1, 0.15) is 40.7 Å². The molecule has 0 amide bonds. The van der Waals surface area contributed by atoms with Gasteiger partial charge in [-0.25, -0.2) is 4.79 Å². The number of phenolic OH excluding ortho intramolecular Hbond substituents is 2. The number of hydrogen-bond acceptors (Lipinski definition) is 7. The highest BCUT2D eigenvalue weighted by Crippen LogP contribution is 2.37. The minimum absolute atomic E-state index is 0.0296. The van der Waals surface area contributed by atoms with Crippen molar-refractivity contribution < 1.29 is 23.9 Å². The molecule has 0 unspecified atom stereocenters. The van der Waals surface area contributed by atoms with Crippen LogP contribution in [0.4, 0.5) is 0 Å². The SMILES string of the molecule is O=C1OCC/C=C/CC/C=C/C(=NSOCc2ccccc2)Cc2c(Cl)c(O)cc(O)c21. The number of carbonyl (C=O) groups is 1. The fourth-order valence-corrected chi connectivity index (χ4v) is 3.74. The summed E-state index contributed by atoms with van der Waals surface area (Å²) < 4.78 is 15.3. The molecule has 0 aromatic heterocycles. The number of benzene rings is 2. The molecule has 32 heavy (non-hydrogen) atoms. The maximum absolute atomic E-state index is 12.6. The lowest BCUT2D eigenvalue weighted by Gasteiger charge is -2.14. The summed E-state index contributed by atoms with van der Waals surface area (Å²) in [5.74, 6) is -1.43. The summed E-state index contributed by atoms with van der Waals surface area (Å²) in [7, 11) is 0. The molecular formula is C24H24ClNO5S. The number of fused-ring (bicyclic) bond motifs is 1. The number of aromatic hydroxyl groups is 2. The van der Waals surface area contributed by atoms with Gasteiger partial charge < -0.3 is 14.9 Å². The molecule has 1 heterocycles. The van der Waals surface area contributed by atoms with Crippen molar-refractivity contribution in [3.63, 3.8) is 0 Å². The van der Waals surface area contributed by atoms with Crippen LogP contribution in [0, 0.1) is 0 Å². The Morgan fingerprint density at radius 2 is 1.81 bits per heavy atom. The molecule has 0 saturated carbocycles. The number of ether oxygens (including phenoxy) is 1. The summed E-state index contributed by atoms with van der Waals surface area (Å²) in [6.07, 6.45) is 10.1. The van der Waals surface area contributed by atoms with Gasteiger partial charge in [0.2, 0.25) is 0 Å². The highest BCUT2D eigenvalue weighted by Gasteiger charge is 2.24. The van der Waals surface area contributed by atoms with Crippen LogP contribution in [0.2, 0.25) is 5.02 Å². The predicted octanol–water partition coefficient (Wildman–Crippen LogP) is 5.97. The van der Waals surface area contributed by atoms with E-state index < -0.39 is 11.7 Å². The van der Waals surface area contributed by atoms with Crippen LogP contribution in [0.5, 0.6) is 11.5 Å². The Bertz CT molecular complexity index is 1020.